The Labute approximate surface area is 137 Å². The van der Waals surface area contributed by atoms with Crippen LogP contribution < -0.4 is 5.56 Å². The first kappa shape index (κ1) is 14.0. The van der Waals surface area contributed by atoms with Gasteiger partial charge in [-0.3, -0.25) is 9.89 Å². The summed E-state index contributed by atoms with van der Waals surface area (Å²) in [7, 11) is 0. The first-order chi connectivity index (χ1) is 11.3. The molecule has 4 rings (SSSR count). The molecular formula is C18H15N3OS. The van der Waals surface area contributed by atoms with Gasteiger partial charge in [-0.25, -0.2) is 9.50 Å². The van der Waals surface area contributed by atoms with E-state index in [9.17, 15) is 4.79 Å². The maximum Gasteiger partial charge on any atom is 0.275 e. The molecule has 5 heteroatoms. The zero-order valence-electron chi connectivity index (χ0n) is 12.6. The third-order valence-corrected chi connectivity index (χ3v) is 4.93. The molecule has 0 fully saturated rings. The molecule has 1 N–H and O–H groups in total. The minimum Gasteiger partial charge on any atom is -0.296 e. The second-order valence-corrected chi connectivity index (χ2v) is 6.27. The number of benzene rings is 1. The molecule has 3 heterocycles. The number of hydrogen-bond acceptors (Lipinski definition) is 3. The van der Waals surface area contributed by atoms with E-state index in [4.69, 9.17) is 0 Å². The molecule has 0 spiro atoms. The monoisotopic (exact) mass is 321 g/mol. The van der Waals surface area contributed by atoms with E-state index in [1.165, 1.54) is 15.6 Å². The van der Waals surface area contributed by atoms with Gasteiger partial charge in [0.15, 0.2) is 5.65 Å². The molecule has 4 nitrogen and oxygen atoms in total. The van der Waals surface area contributed by atoms with Crippen LogP contribution in [0.15, 0.2) is 59.0 Å². The van der Waals surface area contributed by atoms with Crippen LogP contribution in [-0.2, 0) is 6.42 Å². The molecule has 0 atom stereocenters. The molecule has 0 saturated heterocycles. The van der Waals surface area contributed by atoms with E-state index >= 15 is 0 Å². The number of hydrogen-bond donors (Lipinski definition) is 1. The number of H-pyrrole nitrogens is 1. The van der Waals surface area contributed by atoms with Gasteiger partial charge in [0.1, 0.15) is 0 Å². The highest BCUT2D eigenvalue weighted by Gasteiger charge is 2.13. The van der Waals surface area contributed by atoms with Crippen LogP contribution in [-0.4, -0.2) is 14.6 Å². The van der Waals surface area contributed by atoms with Gasteiger partial charge in [0.2, 0.25) is 0 Å². The van der Waals surface area contributed by atoms with E-state index in [2.05, 4.69) is 33.7 Å². The van der Waals surface area contributed by atoms with Crippen molar-refractivity contribution in [1.29, 1.82) is 0 Å². The van der Waals surface area contributed by atoms with E-state index in [1.54, 1.807) is 17.5 Å². The first-order valence-corrected chi connectivity index (χ1v) is 8.38. The van der Waals surface area contributed by atoms with E-state index in [0.29, 0.717) is 17.6 Å². The molecule has 0 amide bonds. The predicted octanol–water partition coefficient (Wildman–Crippen LogP) is 3.98. The molecule has 4 aromatic rings. The lowest BCUT2D eigenvalue weighted by atomic mass is 10.1. The molecule has 0 aliphatic heterocycles. The van der Waals surface area contributed by atoms with Crippen LogP contribution in [0.25, 0.3) is 27.2 Å². The largest absolute Gasteiger partial charge is 0.296 e. The highest BCUT2D eigenvalue weighted by molar-refractivity contribution is 7.14. The quantitative estimate of drug-likeness (QED) is 0.620. The Bertz CT molecular complexity index is 1030. The summed E-state index contributed by atoms with van der Waals surface area (Å²) < 4.78 is 1.52. The number of fused-ring (bicyclic) bond motifs is 1. The summed E-state index contributed by atoms with van der Waals surface area (Å²) in [5, 5.41) is 5.16. The number of nitrogens with zero attached hydrogens (tertiary/aromatic N) is 2. The standard InChI is InChI=1S/C18H15N3OS/c1-2-12-9-19-17-15(10-20-21(17)18(12)22)16-8-14(11-23-16)13-6-4-3-5-7-13/h3-11,20H,2H2,1H3. The highest BCUT2D eigenvalue weighted by atomic mass is 32.1. The van der Waals surface area contributed by atoms with Gasteiger partial charge in [-0.15, -0.1) is 11.3 Å². The molecule has 0 aliphatic rings. The van der Waals surface area contributed by atoms with Crippen molar-refractivity contribution in [2.24, 2.45) is 0 Å². The summed E-state index contributed by atoms with van der Waals surface area (Å²) in [6.45, 7) is 1.96. The van der Waals surface area contributed by atoms with Gasteiger partial charge < -0.3 is 0 Å². The van der Waals surface area contributed by atoms with Crippen molar-refractivity contribution >= 4 is 17.0 Å². The van der Waals surface area contributed by atoms with Crippen LogP contribution in [0.5, 0.6) is 0 Å². The number of aromatic nitrogens is 3. The summed E-state index contributed by atoms with van der Waals surface area (Å²) in [5.41, 5.74) is 4.69. The molecular weight excluding hydrogens is 306 g/mol. The van der Waals surface area contributed by atoms with Gasteiger partial charge in [0.25, 0.3) is 5.56 Å². The Morgan fingerprint density at radius 2 is 2.04 bits per heavy atom. The SMILES string of the molecule is CCc1cnc2c(-c3cc(-c4ccccc4)cs3)c[nH]n2c1=O. The van der Waals surface area contributed by atoms with Crippen LogP contribution in [0.2, 0.25) is 0 Å². The van der Waals surface area contributed by atoms with Crippen LogP contribution in [0.1, 0.15) is 12.5 Å². The van der Waals surface area contributed by atoms with Crippen molar-refractivity contribution in [2.75, 3.05) is 0 Å². The van der Waals surface area contributed by atoms with Crippen LogP contribution in [0, 0.1) is 0 Å². The Balaban J connectivity index is 1.83. The Morgan fingerprint density at radius 3 is 2.83 bits per heavy atom. The molecule has 0 bridgehead atoms. The van der Waals surface area contributed by atoms with Gasteiger partial charge in [0, 0.05) is 22.8 Å². The van der Waals surface area contributed by atoms with E-state index in [0.717, 1.165) is 10.4 Å². The van der Waals surface area contributed by atoms with Gasteiger partial charge in [-0.05, 0) is 29.0 Å². The summed E-state index contributed by atoms with van der Waals surface area (Å²) in [4.78, 5) is 17.9. The average molecular weight is 321 g/mol. The molecule has 3 aromatic heterocycles. The fraction of sp³-hybridized carbons (Fsp3) is 0.111. The lowest BCUT2D eigenvalue weighted by molar-refractivity contribution is 0.867. The maximum atomic E-state index is 12.3. The van der Waals surface area contributed by atoms with Crippen LogP contribution in [0.4, 0.5) is 0 Å². The van der Waals surface area contributed by atoms with E-state index in [1.807, 2.05) is 31.3 Å². The van der Waals surface area contributed by atoms with Crippen LogP contribution >= 0.6 is 11.3 Å². The molecule has 0 aliphatic carbocycles. The molecule has 0 radical (unpaired) electrons. The van der Waals surface area contributed by atoms with Crippen molar-refractivity contribution in [2.45, 2.75) is 13.3 Å². The van der Waals surface area contributed by atoms with E-state index < -0.39 is 0 Å². The van der Waals surface area contributed by atoms with Crippen LogP contribution in [0.3, 0.4) is 0 Å². The summed E-state index contributed by atoms with van der Waals surface area (Å²) >= 11 is 1.66. The molecule has 1 aromatic carbocycles. The second kappa shape index (κ2) is 5.52. The highest BCUT2D eigenvalue weighted by Crippen LogP contribution is 2.33. The first-order valence-electron chi connectivity index (χ1n) is 7.50. The number of aryl methyl sites for hydroxylation is 1. The normalized spacial score (nSPS) is 11.2. The summed E-state index contributed by atoms with van der Waals surface area (Å²) in [6.07, 6.45) is 4.21. The fourth-order valence-corrected chi connectivity index (χ4v) is 3.61. The minimum atomic E-state index is -0.0245. The van der Waals surface area contributed by atoms with Crippen molar-refractivity contribution in [3.05, 3.63) is 70.1 Å². The maximum absolute atomic E-state index is 12.3. The lowest BCUT2D eigenvalue weighted by Crippen LogP contribution is -2.18. The Hall–Kier alpha value is -2.66. The van der Waals surface area contributed by atoms with Crippen molar-refractivity contribution < 1.29 is 0 Å². The minimum absolute atomic E-state index is 0.0245. The van der Waals surface area contributed by atoms with Gasteiger partial charge in [0.05, 0.1) is 5.56 Å². The van der Waals surface area contributed by atoms with Gasteiger partial charge in [-0.2, -0.15) is 0 Å². The Kier molecular flexibility index (Phi) is 3.35. The fourth-order valence-electron chi connectivity index (χ4n) is 2.68. The molecule has 23 heavy (non-hydrogen) atoms. The van der Waals surface area contributed by atoms with Gasteiger partial charge >= 0.3 is 0 Å². The van der Waals surface area contributed by atoms with E-state index in [-0.39, 0.29) is 5.56 Å². The smallest absolute Gasteiger partial charge is 0.275 e. The lowest BCUT2D eigenvalue weighted by Gasteiger charge is -1.98. The topological polar surface area (TPSA) is 50.2 Å². The zero-order valence-corrected chi connectivity index (χ0v) is 13.4. The predicted molar refractivity (Wildman–Crippen MR) is 93.9 cm³/mol. The number of aromatic amines is 1. The van der Waals surface area contributed by atoms with Crippen molar-refractivity contribution in [1.82, 2.24) is 14.6 Å². The Morgan fingerprint density at radius 1 is 1.22 bits per heavy atom. The third kappa shape index (κ3) is 2.29. The average Bonchev–Trinajstić information content (AvgIpc) is 3.23. The third-order valence-electron chi connectivity index (χ3n) is 3.96. The summed E-state index contributed by atoms with van der Waals surface area (Å²) in [5.74, 6) is 0. The molecule has 0 saturated carbocycles. The number of nitrogens with one attached hydrogen (secondary N) is 1. The zero-order chi connectivity index (χ0) is 15.8. The number of rotatable bonds is 3. The number of thiophene rings is 1. The summed E-state index contributed by atoms with van der Waals surface area (Å²) in [6, 6.07) is 12.4. The van der Waals surface area contributed by atoms with Gasteiger partial charge in [-0.1, -0.05) is 37.3 Å². The van der Waals surface area contributed by atoms with Crippen molar-refractivity contribution in [3.63, 3.8) is 0 Å². The van der Waals surface area contributed by atoms with Crippen molar-refractivity contribution in [3.8, 4) is 21.6 Å². The molecule has 0 unspecified atom stereocenters. The molecule has 114 valence electrons. The second-order valence-electron chi connectivity index (χ2n) is 5.35.